The molecule has 0 heterocycles. The third kappa shape index (κ3) is 2.65. The molecular formula is C15H21ClO2. The van der Waals surface area contributed by atoms with Gasteiger partial charge in [-0.15, -0.1) is 0 Å². The molecule has 0 aromatic heterocycles. The zero-order chi connectivity index (χ0) is 13.2. The summed E-state index contributed by atoms with van der Waals surface area (Å²) in [5.41, 5.74) is 0.887. The number of hydrogen-bond donors (Lipinski definition) is 1. The SMILES string of the molecule is COc1cc(C(O)C2(C)CCCCC2)ccc1Cl. The van der Waals surface area contributed by atoms with Gasteiger partial charge in [-0.1, -0.05) is 43.9 Å². The molecule has 100 valence electrons. The maximum atomic E-state index is 10.6. The summed E-state index contributed by atoms with van der Waals surface area (Å²) in [5.74, 6) is 0.632. The van der Waals surface area contributed by atoms with E-state index < -0.39 is 6.10 Å². The predicted molar refractivity (Wildman–Crippen MR) is 74.2 cm³/mol. The van der Waals surface area contributed by atoms with Crippen molar-refractivity contribution in [3.63, 3.8) is 0 Å². The van der Waals surface area contributed by atoms with Crippen molar-refractivity contribution in [2.75, 3.05) is 7.11 Å². The fourth-order valence-corrected chi connectivity index (χ4v) is 3.08. The van der Waals surface area contributed by atoms with Gasteiger partial charge in [-0.3, -0.25) is 0 Å². The van der Waals surface area contributed by atoms with Crippen LogP contribution in [-0.4, -0.2) is 12.2 Å². The maximum absolute atomic E-state index is 10.6. The van der Waals surface area contributed by atoms with Crippen molar-refractivity contribution in [2.24, 2.45) is 5.41 Å². The van der Waals surface area contributed by atoms with Crippen LogP contribution in [0.1, 0.15) is 50.7 Å². The Morgan fingerprint density at radius 3 is 2.56 bits per heavy atom. The molecule has 1 aromatic rings. The Balaban J connectivity index is 2.24. The van der Waals surface area contributed by atoms with E-state index in [1.807, 2.05) is 12.1 Å². The molecular weight excluding hydrogens is 248 g/mol. The molecule has 1 fully saturated rings. The normalized spacial score (nSPS) is 20.4. The van der Waals surface area contributed by atoms with Crippen molar-refractivity contribution in [1.29, 1.82) is 0 Å². The molecule has 1 atom stereocenters. The Bertz CT molecular complexity index is 411. The van der Waals surface area contributed by atoms with Gasteiger partial charge in [0, 0.05) is 0 Å². The standard InChI is InChI=1S/C15H21ClO2/c1-15(8-4-3-5-9-15)14(17)11-6-7-12(16)13(10-11)18-2/h6-7,10,14,17H,3-5,8-9H2,1-2H3. The smallest absolute Gasteiger partial charge is 0.137 e. The average Bonchev–Trinajstić information content (AvgIpc) is 2.39. The van der Waals surface area contributed by atoms with E-state index in [0.717, 1.165) is 18.4 Å². The molecule has 0 bridgehead atoms. The molecule has 0 radical (unpaired) electrons. The highest BCUT2D eigenvalue weighted by molar-refractivity contribution is 6.32. The number of hydrogen-bond acceptors (Lipinski definition) is 2. The summed E-state index contributed by atoms with van der Waals surface area (Å²) in [4.78, 5) is 0. The van der Waals surface area contributed by atoms with Gasteiger partial charge in [-0.25, -0.2) is 0 Å². The van der Waals surface area contributed by atoms with Crippen molar-refractivity contribution in [1.82, 2.24) is 0 Å². The topological polar surface area (TPSA) is 29.5 Å². The van der Waals surface area contributed by atoms with E-state index in [1.165, 1.54) is 19.3 Å². The highest BCUT2D eigenvalue weighted by Gasteiger charge is 2.35. The molecule has 2 rings (SSSR count). The minimum Gasteiger partial charge on any atom is -0.495 e. The summed E-state index contributed by atoms with van der Waals surface area (Å²) >= 11 is 6.01. The summed E-state index contributed by atoms with van der Waals surface area (Å²) < 4.78 is 5.21. The third-order valence-corrected chi connectivity index (χ3v) is 4.46. The number of ether oxygens (including phenoxy) is 1. The highest BCUT2D eigenvalue weighted by Crippen LogP contribution is 2.46. The first kappa shape index (κ1) is 13.7. The van der Waals surface area contributed by atoms with Crippen LogP contribution in [0.5, 0.6) is 5.75 Å². The summed E-state index contributed by atoms with van der Waals surface area (Å²) in [7, 11) is 1.60. The van der Waals surface area contributed by atoms with Gasteiger partial charge in [0.15, 0.2) is 0 Å². The van der Waals surface area contributed by atoms with Gasteiger partial charge in [-0.2, -0.15) is 0 Å². The molecule has 18 heavy (non-hydrogen) atoms. The molecule has 0 spiro atoms. The molecule has 0 aliphatic heterocycles. The molecule has 2 nitrogen and oxygen atoms in total. The van der Waals surface area contributed by atoms with Gasteiger partial charge >= 0.3 is 0 Å². The number of halogens is 1. The van der Waals surface area contributed by atoms with E-state index in [2.05, 4.69) is 6.92 Å². The number of rotatable bonds is 3. The van der Waals surface area contributed by atoms with Crippen LogP contribution in [0.2, 0.25) is 5.02 Å². The average molecular weight is 269 g/mol. The van der Waals surface area contributed by atoms with E-state index in [-0.39, 0.29) is 5.41 Å². The van der Waals surface area contributed by atoms with Crippen molar-refractivity contribution in [3.8, 4) is 5.75 Å². The zero-order valence-corrected chi connectivity index (χ0v) is 11.8. The maximum Gasteiger partial charge on any atom is 0.137 e. The van der Waals surface area contributed by atoms with Crippen LogP contribution in [-0.2, 0) is 0 Å². The van der Waals surface area contributed by atoms with Gasteiger partial charge < -0.3 is 9.84 Å². The minimum absolute atomic E-state index is 0.0168. The molecule has 0 saturated heterocycles. The lowest BCUT2D eigenvalue weighted by Gasteiger charge is -2.38. The van der Waals surface area contributed by atoms with E-state index >= 15 is 0 Å². The number of aliphatic hydroxyl groups is 1. The Kier molecular flexibility index (Phi) is 4.18. The van der Waals surface area contributed by atoms with Gasteiger partial charge in [-0.05, 0) is 36.0 Å². The van der Waals surface area contributed by atoms with Crippen molar-refractivity contribution in [3.05, 3.63) is 28.8 Å². The molecule has 1 N–H and O–H groups in total. The van der Waals surface area contributed by atoms with Crippen LogP contribution in [0.4, 0.5) is 0 Å². The first-order valence-electron chi connectivity index (χ1n) is 6.58. The van der Waals surface area contributed by atoms with Crippen molar-refractivity contribution < 1.29 is 9.84 Å². The van der Waals surface area contributed by atoms with E-state index in [1.54, 1.807) is 13.2 Å². The first-order chi connectivity index (χ1) is 8.57. The molecule has 1 saturated carbocycles. The number of aliphatic hydroxyl groups excluding tert-OH is 1. The third-order valence-electron chi connectivity index (χ3n) is 4.15. The van der Waals surface area contributed by atoms with Crippen LogP contribution in [0.25, 0.3) is 0 Å². The predicted octanol–water partition coefficient (Wildman–Crippen LogP) is 4.35. The largest absolute Gasteiger partial charge is 0.495 e. The molecule has 0 amide bonds. The highest BCUT2D eigenvalue weighted by atomic mass is 35.5. The van der Waals surface area contributed by atoms with Crippen LogP contribution in [0, 0.1) is 5.41 Å². The van der Waals surface area contributed by atoms with Crippen molar-refractivity contribution >= 4 is 11.6 Å². The van der Waals surface area contributed by atoms with Gasteiger partial charge in [0.05, 0.1) is 18.2 Å². The molecule has 1 aliphatic rings. The monoisotopic (exact) mass is 268 g/mol. The van der Waals surface area contributed by atoms with Crippen LogP contribution in [0.3, 0.4) is 0 Å². The van der Waals surface area contributed by atoms with Crippen molar-refractivity contribution in [2.45, 2.75) is 45.1 Å². The second kappa shape index (κ2) is 5.50. The van der Waals surface area contributed by atoms with Crippen LogP contribution < -0.4 is 4.74 Å². The minimum atomic E-state index is -0.441. The lowest BCUT2D eigenvalue weighted by molar-refractivity contribution is 0.00807. The molecule has 1 aliphatic carbocycles. The Hall–Kier alpha value is -0.730. The fraction of sp³-hybridized carbons (Fsp3) is 0.600. The lowest BCUT2D eigenvalue weighted by Crippen LogP contribution is -2.28. The zero-order valence-electron chi connectivity index (χ0n) is 11.1. The van der Waals surface area contributed by atoms with Crippen LogP contribution in [0.15, 0.2) is 18.2 Å². The van der Waals surface area contributed by atoms with E-state index in [9.17, 15) is 5.11 Å². The Labute approximate surface area is 114 Å². The molecule has 1 aromatic carbocycles. The van der Waals surface area contributed by atoms with E-state index in [0.29, 0.717) is 10.8 Å². The first-order valence-corrected chi connectivity index (χ1v) is 6.96. The number of benzene rings is 1. The van der Waals surface area contributed by atoms with Crippen LogP contribution >= 0.6 is 11.6 Å². The second-order valence-electron chi connectivity index (χ2n) is 5.51. The summed E-state index contributed by atoms with van der Waals surface area (Å²) in [6.07, 6.45) is 5.42. The fourth-order valence-electron chi connectivity index (χ4n) is 2.88. The van der Waals surface area contributed by atoms with Gasteiger partial charge in [0.2, 0.25) is 0 Å². The molecule has 1 unspecified atom stereocenters. The van der Waals surface area contributed by atoms with Gasteiger partial charge in [0.25, 0.3) is 0 Å². The summed E-state index contributed by atoms with van der Waals surface area (Å²) in [5, 5.41) is 11.2. The quantitative estimate of drug-likeness (QED) is 0.883. The summed E-state index contributed by atoms with van der Waals surface area (Å²) in [6.45, 7) is 2.18. The summed E-state index contributed by atoms with van der Waals surface area (Å²) in [6, 6.07) is 5.55. The number of methoxy groups -OCH3 is 1. The Morgan fingerprint density at radius 1 is 1.28 bits per heavy atom. The Morgan fingerprint density at radius 2 is 1.94 bits per heavy atom. The lowest BCUT2D eigenvalue weighted by atomic mass is 9.70. The van der Waals surface area contributed by atoms with Gasteiger partial charge in [0.1, 0.15) is 5.75 Å². The second-order valence-corrected chi connectivity index (χ2v) is 5.92. The molecule has 3 heteroatoms. The van der Waals surface area contributed by atoms with E-state index in [4.69, 9.17) is 16.3 Å².